The Kier molecular flexibility index (Phi) is 3.49. The summed E-state index contributed by atoms with van der Waals surface area (Å²) in [6, 6.07) is 1.89. The predicted molar refractivity (Wildman–Crippen MR) is 64.4 cm³/mol. The van der Waals surface area contributed by atoms with Crippen LogP contribution in [0.3, 0.4) is 0 Å². The van der Waals surface area contributed by atoms with Crippen LogP contribution in [0.2, 0.25) is 5.15 Å². The van der Waals surface area contributed by atoms with Gasteiger partial charge in [-0.15, -0.1) is 0 Å². The quantitative estimate of drug-likeness (QED) is 0.783. The van der Waals surface area contributed by atoms with Crippen LogP contribution in [0.5, 0.6) is 5.75 Å². The Morgan fingerprint density at radius 2 is 2.29 bits per heavy atom. The Balaban J connectivity index is 2.24. The van der Waals surface area contributed by atoms with Gasteiger partial charge in [0.05, 0.1) is 19.6 Å². The molecule has 5 nitrogen and oxygen atoms in total. The SMILES string of the molecule is COc1c(Cl)ncnc1N(C)Cc1ccoc1. The van der Waals surface area contributed by atoms with Crippen LogP contribution in [-0.4, -0.2) is 24.1 Å². The molecule has 0 radical (unpaired) electrons. The molecule has 2 rings (SSSR count). The minimum Gasteiger partial charge on any atom is -0.490 e. The van der Waals surface area contributed by atoms with E-state index in [0.717, 1.165) is 5.56 Å². The van der Waals surface area contributed by atoms with Crippen LogP contribution in [0.25, 0.3) is 0 Å². The molecule has 0 aliphatic rings. The normalized spacial score (nSPS) is 10.3. The summed E-state index contributed by atoms with van der Waals surface area (Å²) in [5.74, 6) is 1.12. The molecular weight excluding hydrogens is 242 g/mol. The molecule has 6 heteroatoms. The molecule has 2 aromatic heterocycles. The van der Waals surface area contributed by atoms with E-state index in [-0.39, 0.29) is 0 Å². The van der Waals surface area contributed by atoms with Gasteiger partial charge in [0.25, 0.3) is 0 Å². The van der Waals surface area contributed by atoms with Crippen molar-refractivity contribution < 1.29 is 9.15 Å². The highest BCUT2D eigenvalue weighted by Gasteiger charge is 2.14. The first kappa shape index (κ1) is 11.7. The average Bonchev–Trinajstić information content (AvgIpc) is 2.81. The lowest BCUT2D eigenvalue weighted by molar-refractivity contribution is 0.411. The number of aromatic nitrogens is 2. The van der Waals surface area contributed by atoms with Crippen LogP contribution >= 0.6 is 11.6 Å². The third kappa shape index (κ3) is 2.50. The molecule has 2 aromatic rings. The number of anilines is 1. The summed E-state index contributed by atoms with van der Waals surface area (Å²) in [6.07, 6.45) is 4.73. The molecule has 0 aliphatic heterocycles. The van der Waals surface area contributed by atoms with Crippen molar-refractivity contribution in [3.05, 3.63) is 35.6 Å². The molecule has 2 heterocycles. The number of hydrogen-bond donors (Lipinski definition) is 0. The molecule has 90 valence electrons. The van der Waals surface area contributed by atoms with Gasteiger partial charge in [-0.05, 0) is 6.07 Å². The van der Waals surface area contributed by atoms with Gasteiger partial charge < -0.3 is 14.1 Å². The van der Waals surface area contributed by atoms with Crippen LogP contribution in [0.15, 0.2) is 29.3 Å². The highest BCUT2D eigenvalue weighted by atomic mass is 35.5. The molecule has 0 amide bonds. The van der Waals surface area contributed by atoms with Gasteiger partial charge in [0.2, 0.25) is 0 Å². The van der Waals surface area contributed by atoms with Crippen molar-refractivity contribution in [3.63, 3.8) is 0 Å². The van der Waals surface area contributed by atoms with Gasteiger partial charge in [-0.3, -0.25) is 0 Å². The Bertz CT molecular complexity index is 487. The molecule has 0 saturated heterocycles. The molecule has 0 N–H and O–H groups in total. The number of methoxy groups -OCH3 is 1. The molecule has 0 unspecified atom stereocenters. The van der Waals surface area contributed by atoms with Crippen molar-refractivity contribution >= 4 is 17.4 Å². The van der Waals surface area contributed by atoms with Crippen molar-refractivity contribution in [1.82, 2.24) is 9.97 Å². The Morgan fingerprint density at radius 3 is 2.94 bits per heavy atom. The number of ether oxygens (including phenoxy) is 1. The second-order valence-electron chi connectivity index (χ2n) is 3.51. The van der Waals surface area contributed by atoms with Crippen LogP contribution in [0, 0.1) is 0 Å². The van der Waals surface area contributed by atoms with Crippen LogP contribution in [0.4, 0.5) is 5.82 Å². The van der Waals surface area contributed by atoms with E-state index in [2.05, 4.69) is 9.97 Å². The van der Waals surface area contributed by atoms with Crippen LogP contribution in [-0.2, 0) is 6.54 Å². The number of furan rings is 1. The van der Waals surface area contributed by atoms with Gasteiger partial charge in [0.1, 0.15) is 6.33 Å². The molecule has 0 bridgehead atoms. The topological polar surface area (TPSA) is 51.4 Å². The Hall–Kier alpha value is -1.75. The van der Waals surface area contributed by atoms with Gasteiger partial charge in [0, 0.05) is 19.2 Å². The number of nitrogens with zero attached hydrogens (tertiary/aromatic N) is 3. The monoisotopic (exact) mass is 253 g/mol. The third-order valence-corrected chi connectivity index (χ3v) is 2.58. The zero-order chi connectivity index (χ0) is 12.3. The Labute approximate surface area is 104 Å². The molecule has 0 atom stereocenters. The third-order valence-electron chi connectivity index (χ3n) is 2.31. The largest absolute Gasteiger partial charge is 0.490 e. The van der Waals surface area contributed by atoms with E-state index in [1.165, 1.54) is 6.33 Å². The zero-order valence-electron chi connectivity index (χ0n) is 9.55. The van der Waals surface area contributed by atoms with E-state index in [1.807, 2.05) is 18.0 Å². The fraction of sp³-hybridized carbons (Fsp3) is 0.273. The van der Waals surface area contributed by atoms with Gasteiger partial charge in [0.15, 0.2) is 16.7 Å². The summed E-state index contributed by atoms with van der Waals surface area (Å²) in [5, 5.41) is 0.302. The predicted octanol–water partition coefficient (Wildman–Crippen LogP) is 2.37. The van der Waals surface area contributed by atoms with Crippen molar-refractivity contribution in [2.75, 3.05) is 19.1 Å². The lowest BCUT2D eigenvalue weighted by Crippen LogP contribution is -2.18. The fourth-order valence-corrected chi connectivity index (χ4v) is 1.73. The van der Waals surface area contributed by atoms with E-state index < -0.39 is 0 Å². The molecular formula is C11H12ClN3O2. The highest BCUT2D eigenvalue weighted by molar-refractivity contribution is 6.31. The smallest absolute Gasteiger partial charge is 0.199 e. The van der Waals surface area contributed by atoms with E-state index in [0.29, 0.717) is 23.3 Å². The second kappa shape index (κ2) is 5.05. The number of hydrogen-bond acceptors (Lipinski definition) is 5. The zero-order valence-corrected chi connectivity index (χ0v) is 10.3. The first-order valence-corrected chi connectivity index (χ1v) is 5.37. The van der Waals surface area contributed by atoms with Gasteiger partial charge in [-0.25, -0.2) is 9.97 Å². The summed E-state index contributed by atoms with van der Waals surface area (Å²) >= 11 is 5.93. The van der Waals surface area contributed by atoms with E-state index >= 15 is 0 Å². The summed E-state index contributed by atoms with van der Waals surface area (Å²) in [5.41, 5.74) is 1.05. The van der Waals surface area contributed by atoms with Gasteiger partial charge in [-0.2, -0.15) is 0 Å². The van der Waals surface area contributed by atoms with Crippen molar-refractivity contribution in [3.8, 4) is 5.75 Å². The second-order valence-corrected chi connectivity index (χ2v) is 3.87. The lowest BCUT2D eigenvalue weighted by Gasteiger charge is -2.19. The van der Waals surface area contributed by atoms with E-state index in [1.54, 1.807) is 19.6 Å². The summed E-state index contributed by atoms with van der Waals surface area (Å²) < 4.78 is 10.2. The summed E-state index contributed by atoms with van der Waals surface area (Å²) in [7, 11) is 3.44. The van der Waals surface area contributed by atoms with Crippen LogP contribution < -0.4 is 9.64 Å². The maximum atomic E-state index is 5.93. The summed E-state index contributed by atoms with van der Waals surface area (Å²) in [4.78, 5) is 9.95. The summed E-state index contributed by atoms with van der Waals surface area (Å²) in [6.45, 7) is 0.653. The maximum absolute atomic E-state index is 5.93. The van der Waals surface area contributed by atoms with Crippen molar-refractivity contribution in [1.29, 1.82) is 0 Å². The first-order valence-electron chi connectivity index (χ1n) is 4.99. The highest BCUT2D eigenvalue weighted by Crippen LogP contribution is 2.31. The minimum atomic E-state index is 0.302. The number of rotatable bonds is 4. The van der Waals surface area contributed by atoms with E-state index in [4.69, 9.17) is 20.8 Å². The number of halogens is 1. The van der Waals surface area contributed by atoms with Gasteiger partial charge in [-0.1, -0.05) is 11.6 Å². The molecule has 0 spiro atoms. The Morgan fingerprint density at radius 1 is 1.47 bits per heavy atom. The fourth-order valence-electron chi connectivity index (χ4n) is 1.52. The molecule has 0 aliphatic carbocycles. The molecule has 0 fully saturated rings. The maximum Gasteiger partial charge on any atom is 0.199 e. The van der Waals surface area contributed by atoms with Crippen LogP contribution in [0.1, 0.15) is 5.56 Å². The lowest BCUT2D eigenvalue weighted by atomic mass is 10.3. The molecule has 0 saturated carbocycles. The standard InChI is InChI=1S/C11H12ClN3O2/c1-15(5-8-3-4-17-6-8)11-9(16-2)10(12)13-7-14-11/h3-4,6-7H,5H2,1-2H3. The molecule has 0 aromatic carbocycles. The van der Waals surface area contributed by atoms with E-state index in [9.17, 15) is 0 Å². The minimum absolute atomic E-state index is 0.302. The van der Waals surface area contributed by atoms with Gasteiger partial charge >= 0.3 is 0 Å². The van der Waals surface area contributed by atoms with Crippen molar-refractivity contribution in [2.24, 2.45) is 0 Å². The molecule has 17 heavy (non-hydrogen) atoms. The average molecular weight is 254 g/mol. The van der Waals surface area contributed by atoms with Crippen molar-refractivity contribution in [2.45, 2.75) is 6.54 Å². The first-order chi connectivity index (χ1) is 8.22.